The van der Waals surface area contributed by atoms with E-state index in [-0.39, 0.29) is 17.6 Å². The molecule has 0 saturated heterocycles. The van der Waals surface area contributed by atoms with Gasteiger partial charge in [0.25, 0.3) is 0 Å². The van der Waals surface area contributed by atoms with E-state index in [1.54, 1.807) is 24.3 Å². The summed E-state index contributed by atoms with van der Waals surface area (Å²) in [6.45, 7) is 25.7. The van der Waals surface area contributed by atoms with Crippen molar-refractivity contribution in [2.24, 2.45) is 15.6 Å². The molecular formula is C69H97N6O5S-. The topological polar surface area (TPSA) is 125 Å². The van der Waals surface area contributed by atoms with Crippen LogP contribution in [-0.2, 0) is 14.2 Å². The van der Waals surface area contributed by atoms with E-state index in [4.69, 9.17) is 5.26 Å². The van der Waals surface area contributed by atoms with Crippen molar-refractivity contribution in [2.45, 2.75) is 176 Å². The number of hydrogen-bond donors (Lipinski definition) is 2. The number of fused-ring (bicyclic) bond motifs is 1. The molecule has 12 heteroatoms. The zero-order chi connectivity index (χ0) is 58.2. The van der Waals surface area contributed by atoms with Gasteiger partial charge in [-0.25, -0.2) is 5.26 Å². The third-order valence-electron chi connectivity index (χ3n) is 15.7. The Kier molecular flexibility index (Phi) is 29.7. The number of benzene rings is 6. The molecule has 0 spiro atoms. The van der Waals surface area contributed by atoms with Crippen LogP contribution in [0.4, 0.5) is 28.4 Å². The normalized spacial score (nSPS) is 11.5. The third-order valence-corrected chi connectivity index (χ3v) is 16.2. The van der Waals surface area contributed by atoms with Crippen molar-refractivity contribution in [3.63, 3.8) is 0 Å². The van der Waals surface area contributed by atoms with Crippen LogP contribution in [0.5, 0.6) is 5.75 Å². The number of amides is 1. The average molecular weight is 1120 g/mol. The van der Waals surface area contributed by atoms with Gasteiger partial charge in [-0.05, 0) is 144 Å². The second-order valence-corrected chi connectivity index (χ2v) is 22.8. The second kappa shape index (κ2) is 36.5. The first-order valence-electron chi connectivity index (χ1n) is 30.6. The van der Waals surface area contributed by atoms with Crippen molar-refractivity contribution < 1.29 is 24.5 Å². The molecule has 0 heterocycles. The van der Waals surface area contributed by atoms with Gasteiger partial charge in [0.15, 0.2) is 0 Å². The van der Waals surface area contributed by atoms with Gasteiger partial charge < -0.3 is 25.1 Å². The van der Waals surface area contributed by atoms with Gasteiger partial charge >= 0.3 is 0 Å². The quantitative estimate of drug-likeness (QED) is 0.00988. The van der Waals surface area contributed by atoms with E-state index in [9.17, 15) is 9.90 Å². The molecule has 0 aliphatic rings. The Morgan fingerprint density at radius 2 is 1.04 bits per heavy atom. The van der Waals surface area contributed by atoms with Crippen LogP contribution < -0.4 is 25.1 Å². The molecule has 0 bridgehead atoms. The van der Waals surface area contributed by atoms with E-state index in [0.717, 1.165) is 84.7 Å². The minimum atomic E-state index is -0.495. The average Bonchev–Trinajstić information content (AvgIpc) is 3.57. The Labute approximate surface area is 492 Å². The van der Waals surface area contributed by atoms with Gasteiger partial charge in [0.05, 0.1) is 28.8 Å². The Morgan fingerprint density at radius 1 is 0.580 bits per heavy atom. The highest BCUT2D eigenvalue weighted by Gasteiger charge is 2.30. The number of carbonyl (C=O) groups is 1. The molecule has 2 N–H and O–H groups in total. The maximum absolute atomic E-state index is 13.4. The highest BCUT2D eigenvalue weighted by Crippen LogP contribution is 2.37. The van der Waals surface area contributed by atoms with Crippen LogP contribution in [0.15, 0.2) is 143 Å². The minimum Gasteiger partial charge on any atom is -0.871 e. The summed E-state index contributed by atoms with van der Waals surface area (Å²) in [4.78, 5) is 21.3. The lowest BCUT2D eigenvalue weighted by molar-refractivity contribution is -0.432. The lowest BCUT2D eigenvalue weighted by Gasteiger charge is -2.33. The molecule has 0 saturated carbocycles. The van der Waals surface area contributed by atoms with Gasteiger partial charge in [-0.15, -0.1) is 4.33 Å². The predicted octanol–water partition coefficient (Wildman–Crippen LogP) is 18.9. The first-order valence-corrected chi connectivity index (χ1v) is 31.3. The summed E-state index contributed by atoms with van der Waals surface area (Å²) in [6.07, 6.45) is 21.8. The number of aryl methyl sites for hydroxylation is 1. The van der Waals surface area contributed by atoms with Gasteiger partial charge in [-0.2, -0.15) is 10.2 Å². The highest BCUT2D eigenvalue weighted by atomic mass is 32.2. The summed E-state index contributed by atoms with van der Waals surface area (Å²) in [5.41, 5.74) is 8.87. The number of rotatable bonds is 36. The fourth-order valence-corrected chi connectivity index (χ4v) is 11.2. The molecular weight excluding hydrogens is 1020 g/mol. The van der Waals surface area contributed by atoms with E-state index in [0.29, 0.717) is 17.9 Å². The summed E-state index contributed by atoms with van der Waals surface area (Å²) in [6, 6.07) is 43.6. The predicted molar refractivity (Wildman–Crippen MR) is 341 cm³/mol. The largest absolute Gasteiger partial charge is 0.871 e. The van der Waals surface area contributed by atoms with Gasteiger partial charge in [-0.3, -0.25) is 4.79 Å². The van der Waals surface area contributed by atoms with E-state index in [2.05, 4.69) is 168 Å². The fourth-order valence-electron chi connectivity index (χ4n) is 10.7. The summed E-state index contributed by atoms with van der Waals surface area (Å²) in [5, 5.41) is 37.2. The van der Waals surface area contributed by atoms with Crippen molar-refractivity contribution >= 4 is 57.2 Å². The van der Waals surface area contributed by atoms with Crippen molar-refractivity contribution in [1.29, 1.82) is 0 Å². The minimum absolute atomic E-state index is 0.123. The maximum Gasteiger partial charge on any atom is 0.227 e. The Bertz CT molecular complexity index is 2670. The summed E-state index contributed by atoms with van der Waals surface area (Å²) >= 11 is 0.868. The molecule has 440 valence electrons. The Hall–Kier alpha value is -5.92. The number of hydrogen-bond acceptors (Lipinski definition) is 11. The van der Waals surface area contributed by atoms with Gasteiger partial charge in [0.2, 0.25) is 5.91 Å². The smallest absolute Gasteiger partial charge is 0.227 e. The fraction of sp³-hybridized carbons (Fsp3) is 0.493. The molecule has 0 aliphatic carbocycles. The van der Waals surface area contributed by atoms with Crippen LogP contribution in [0, 0.1) is 12.3 Å². The second-order valence-electron chi connectivity index (χ2n) is 22.0. The summed E-state index contributed by atoms with van der Waals surface area (Å²) < 4.78 is 4.38. The standard InChI is InChI=1S/C52H84N4O.C17H14N2O4S/c1-9-15-16-17-18-19-20-21-22-23-24-25-26-27-28-29-42-53-51(57)52(7,8)43-56(14-6)49-40-34-46(35-41-49)50(44-30-36-47(37-31-44)54(10-2)11-3)45-32-38-48(39-33-45)55(12-4)13-5;1-11-10-13(24-23-22-21)7-8-15(11)18-19-17-14-5-3-2-4-12(14)6-9-16(17)20/h30-41,50H,9-29,42-43H2,1-8H3,(H,53,57);2-10,20-21H,1H3/p-1. The van der Waals surface area contributed by atoms with E-state index in [1.165, 1.54) is 130 Å². The van der Waals surface area contributed by atoms with Crippen molar-refractivity contribution in [3.8, 4) is 5.75 Å². The summed E-state index contributed by atoms with van der Waals surface area (Å²) in [5.74, 6) is 0.105. The van der Waals surface area contributed by atoms with Gasteiger partial charge in [-0.1, -0.05) is 187 Å². The van der Waals surface area contributed by atoms with Crippen molar-refractivity contribution in [1.82, 2.24) is 5.32 Å². The molecule has 0 aliphatic heterocycles. The lowest BCUT2D eigenvalue weighted by Crippen LogP contribution is -2.45. The number of carbonyl (C=O) groups excluding carboxylic acids is 1. The SMILES string of the molecule is CCCCCCCCCCCCCCCCCCNC(=O)C(C)(C)CN(CC)c1ccc(C(c2ccc(N(CC)CC)cc2)c2ccc(N(CC)CC)cc2)cc1.Cc1cc(SOOO)ccc1N=Nc1c([O-])ccc2ccccc12. The number of azo groups is 1. The molecule has 6 aromatic carbocycles. The van der Waals surface area contributed by atoms with E-state index >= 15 is 0 Å². The van der Waals surface area contributed by atoms with Crippen LogP contribution in [0.25, 0.3) is 10.8 Å². The summed E-state index contributed by atoms with van der Waals surface area (Å²) in [7, 11) is 0. The van der Waals surface area contributed by atoms with Crippen LogP contribution in [0.2, 0.25) is 0 Å². The van der Waals surface area contributed by atoms with E-state index < -0.39 is 5.41 Å². The number of nitrogens with one attached hydrogen (secondary N) is 1. The zero-order valence-electron chi connectivity index (χ0n) is 50.7. The molecule has 0 unspecified atom stereocenters. The van der Waals surface area contributed by atoms with Gasteiger partial charge in [0, 0.05) is 79.1 Å². The molecule has 0 fully saturated rings. The molecule has 6 aromatic rings. The van der Waals surface area contributed by atoms with Crippen LogP contribution in [0.3, 0.4) is 0 Å². The number of unbranched alkanes of at least 4 members (excludes halogenated alkanes) is 15. The number of nitrogens with zero attached hydrogens (tertiary/aromatic N) is 5. The molecule has 0 radical (unpaired) electrons. The first kappa shape index (κ1) is 65.9. The maximum atomic E-state index is 13.4. The van der Waals surface area contributed by atoms with Crippen molar-refractivity contribution in [3.05, 3.63) is 150 Å². The molecule has 1 amide bonds. The van der Waals surface area contributed by atoms with Crippen molar-refractivity contribution in [2.75, 3.05) is 60.5 Å². The van der Waals surface area contributed by atoms with E-state index in [1.807, 2.05) is 31.2 Å². The molecule has 81 heavy (non-hydrogen) atoms. The molecule has 6 rings (SSSR count). The first-order chi connectivity index (χ1) is 39.4. The molecule has 0 atom stereocenters. The monoisotopic (exact) mass is 1120 g/mol. The zero-order valence-corrected chi connectivity index (χ0v) is 51.5. The van der Waals surface area contributed by atoms with Crippen LogP contribution >= 0.6 is 12.0 Å². The number of anilines is 3. The third kappa shape index (κ3) is 21.4. The van der Waals surface area contributed by atoms with Crippen LogP contribution in [0.1, 0.15) is 186 Å². The lowest BCUT2D eigenvalue weighted by atomic mass is 9.84. The van der Waals surface area contributed by atoms with Crippen LogP contribution in [-0.4, -0.2) is 57.0 Å². The highest BCUT2D eigenvalue weighted by molar-refractivity contribution is 7.94. The molecule has 11 nitrogen and oxygen atoms in total. The Balaban J connectivity index is 0.000000413. The van der Waals surface area contributed by atoms with Gasteiger partial charge in [0.1, 0.15) is 0 Å². The molecule has 0 aromatic heterocycles. The Morgan fingerprint density at radius 3 is 1.49 bits per heavy atom.